The highest BCUT2D eigenvalue weighted by molar-refractivity contribution is 6.31. The average molecular weight is 364 g/mol. The van der Waals surface area contributed by atoms with Gasteiger partial charge in [-0.3, -0.25) is 4.79 Å². The van der Waals surface area contributed by atoms with Crippen molar-refractivity contribution >= 4 is 17.5 Å². The van der Waals surface area contributed by atoms with E-state index in [1.165, 1.54) is 0 Å². The molecule has 0 fully saturated rings. The number of carbonyl (C=O) groups excluding carboxylic acids is 1. The van der Waals surface area contributed by atoms with Crippen LogP contribution in [0, 0.1) is 0 Å². The Labute approximate surface area is 152 Å². The third-order valence-corrected chi connectivity index (χ3v) is 3.81. The van der Waals surface area contributed by atoms with Gasteiger partial charge in [0.05, 0.1) is 20.3 Å². The molecule has 0 saturated heterocycles. The lowest BCUT2D eigenvalue weighted by Crippen LogP contribution is -2.23. The highest BCUT2D eigenvalue weighted by Crippen LogP contribution is 2.33. The van der Waals surface area contributed by atoms with Crippen molar-refractivity contribution in [2.45, 2.75) is 26.5 Å². The quantitative estimate of drug-likeness (QED) is 0.805. The number of benzene rings is 2. The largest absolute Gasteiger partial charge is 0.493 e. The predicted molar refractivity (Wildman–Crippen MR) is 97.9 cm³/mol. The minimum Gasteiger partial charge on any atom is -0.493 e. The molecule has 0 spiro atoms. The third-order valence-electron chi connectivity index (χ3n) is 3.46. The van der Waals surface area contributed by atoms with Crippen LogP contribution in [0.2, 0.25) is 5.02 Å². The lowest BCUT2D eigenvalue weighted by molar-refractivity contribution is 0.0950. The number of carbonyl (C=O) groups is 1. The Morgan fingerprint density at radius 2 is 1.80 bits per heavy atom. The normalized spacial score (nSPS) is 10.5. The van der Waals surface area contributed by atoms with Gasteiger partial charge >= 0.3 is 0 Å². The van der Waals surface area contributed by atoms with Gasteiger partial charge in [-0.05, 0) is 43.7 Å². The van der Waals surface area contributed by atoms with Crippen LogP contribution >= 0.6 is 11.6 Å². The fraction of sp³-hybridized carbons (Fsp3) is 0.316. The van der Waals surface area contributed by atoms with Gasteiger partial charge in [-0.25, -0.2) is 0 Å². The van der Waals surface area contributed by atoms with Gasteiger partial charge in [0.25, 0.3) is 5.91 Å². The molecule has 0 radical (unpaired) electrons. The van der Waals surface area contributed by atoms with E-state index in [4.69, 9.17) is 25.8 Å². The van der Waals surface area contributed by atoms with Crippen molar-refractivity contribution < 1.29 is 19.0 Å². The SMILES string of the molecule is COc1cc(Cl)c(CNC(=O)c2cccc(OC(C)C)c2)cc1OC. The molecule has 2 rings (SSSR count). The maximum Gasteiger partial charge on any atom is 0.251 e. The molecule has 0 aliphatic heterocycles. The van der Waals surface area contributed by atoms with E-state index < -0.39 is 0 Å². The number of halogens is 1. The van der Waals surface area contributed by atoms with Crippen molar-refractivity contribution in [1.82, 2.24) is 5.32 Å². The molecule has 0 aliphatic rings. The number of nitrogens with one attached hydrogen (secondary N) is 1. The summed E-state index contributed by atoms with van der Waals surface area (Å²) in [4.78, 5) is 12.4. The molecule has 2 aromatic rings. The van der Waals surface area contributed by atoms with E-state index >= 15 is 0 Å². The first kappa shape index (κ1) is 18.9. The van der Waals surface area contributed by atoms with Crippen molar-refractivity contribution in [2.24, 2.45) is 0 Å². The van der Waals surface area contributed by atoms with E-state index in [0.717, 1.165) is 5.56 Å². The summed E-state index contributed by atoms with van der Waals surface area (Å²) >= 11 is 6.24. The van der Waals surface area contributed by atoms with Crippen LogP contribution in [0.3, 0.4) is 0 Å². The number of hydrogen-bond acceptors (Lipinski definition) is 4. The molecular weight excluding hydrogens is 342 g/mol. The summed E-state index contributed by atoms with van der Waals surface area (Å²) in [6, 6.07) is 10.5. The topological polar surface area (TPSA) is 56.8 Å². The van der Waals surface area contributed by atoms with Gasteiger partial charge in [0.2, 0.25) is 0 Å². The van der Waals surface area contributed by atoms with E-state index in [0.29, 0.717) is 27.8 Å². The number of rotatable bonds is 7. The van der Waals surface area contributed by atoms with Crippen molar-refractivity contribution in [3.63, 3.8) is 0 Å². The summed E-state index contributed by atoms with van der Waals surface area (Å²) in [5, 5.41) is 3.35. The Bertz CT molecular complexity index is 746. The van der Waals surface area contributed by atoms with Crippen LogP contribution in [-0.4, -0.2) is 26.2 Å². The van der Waals surface area contributed by atoms with Crippen LogP contribution in [0.15, 0.2) is 36.4 Å². The zero-order chi connectivity index (χ0) is 18.4. The molecule has 0 saturated carbocycles. The zero-order valence-corrected chi connectivity index (χ0v) is 15.5. The summed E-state index contributed by atoms with van der Waals surface area (Å²) in [7, 11) is 3.09. The van der Waals surface area contributed by atoms with Crippen LogP contribution in [0.25, 0.3) is 0 Å². The first-order valence-electron chi connectivity index (χ1n) is 7.90. The number of ether oxygens (including phenoxy) is 3. The van der Waals surface area contributed by atoms with Gasteiger partial charge in [0.15, 0.2) is 11.5 Å². The van der Waals surface area contributed by atoms with E-state index in [9.17, 15) is 4.79 Å². The minimum atomic E-state index is -0.208. The fourth-order valence-electron chi connectivity index (χ4n) is 2.29. The van der Waals surface area contributed by atoms with Gasteiger partial charge in [-0.2, -0.15) is 0 Å². The molecule has 1 N–H and O–H groups in total. The molecule has 0 aromatic heterocycles. The molecule has 6 heteroatoms. The van der Waals surface area contributed by atoms with E-state index in [1.54, 1.807) is 44.6 Å². The Morgan fingerprint density at radius 1 is 1.12 bits per heavy atom. The summed E-state index contributed by atoms with van der Waals surface area (Å²) in [5.74, 6) is 1.55. The Hall–Kier alpha value is -2.40. The van der Waals surface area contributed by atoms with Crippen molar-refractivity contribution in [1.29, 1.82) is 0 Å². The third kappa shape index (κ3) is 5.03. The Kier molecular flexibility index (Phi) is 6.53. The molecular formula is C19H22ClNO4. The molecule has 0 heterocycles. The van der Waals surface area contributed by atoms with Crippen molar-refractivity contribution in [2.75, 3.05) is 14.2 Å². The standard InChI is InChI=1S/C19H22ClNO4/c1-12(2)25-15-7-5-6-13(8-15)19(22)21-11-14-9-17(23-3)18(24-4)10-16(14)20/h5-10,12H,11H2,1-4H3,(H,21,22). The summed E-state index contributed by atoms with van der Waals surface area (Å²) in [6.45, 7) is 4.14. The van der Waals surface area contributed by atoms with Crippen molar-refractivity contribution in [3.8, 4) is 17.2 Å². The molecule has 134 valence electrons. The lowest BCUT2D eigenvalue weighted by Gasteiger charge is -2.13. The van der Waals surface area contributed by atoms with Crippen molar-refractivity contribution in [3.05, 3.63) is 52.5 Å². The first-order valence-corrected chi connectivity index (χ1v) is 8.27. The van der Waals surface area contributed by atoms with Gasteiger partial charge in [0, 0.05) is 23.2 Å². The molecule has 0 aliphatic carbocycles. The van der Waals surface area contributed by atoms with Gasteiger partial charge in [-0.1, -0.05) is 17.7 Å². The van der Waals surface area contributed by atoms with Gasteiger partial charge in [0.1, 0.15) is 5.75 Å². The molecule has 5 nitrogen and oxygen atoms in total. The number of amides is 1. The monoisotopic (exact) mass is 363 g/mol. The van der Waals surface area contributed by atoms with E-state index in [2.05, 4.69) is 5.32 Å². The maximum atomic E-state index is 12.4. The number of methoxy groups -OCH3 is 2. The second-order valence-electron chi connectivity index (χ2n) is 5.68. The summed E-state index contributed by atoms with van der Waals surface area (Å²) < 4.78 is 16.1. The lowest BCUT2D eigenvalue weighted by atomic mass is 10.1. The van der Waals surface area contributed by atoms with E-state index in [1.807, 2.05) is 19.9 Å². The molecule has 2 aromatic carbocycles. The van der Waals surface area contributed by atoms with Gasteiger partial charge < -0.3 is 19.5 Å². The Morgan fingerprint density at radius 3 is 2.44 bits per heavy atom. The summed E-state index contributed by atoms with van der Waals surface area (Å²) in [5.41, 5.74) is 1.26. The highest BCUT2D eigenvalue weighted by Gasteiger charge is 2.12. The minimum absolute atomic E-state index is 0.0453. The predicted octanol–water partition coefficient (Wildman–Crippen LogP) is 4.07. The molecule has 0 bridgehead atoms. The van der Waals surface area contributed by atoms with Crippen LogP contribution < -0.4 is 19.5 Å². The van der Waals surface area contributed by atoms with Crippen LogP contribution in [0.4, 0.5) is 0 Å². The van der Waals surface area contributed by atoms with Crippen LogP contribution in [-0.2, 0) is 6.54 Å². The van der Waals surface area contributed by atoms with Gasteiger partial charge in [-0.15, -0.1) is 0 Å². The maximum absolute atomic E-state index is 12.4. The highest BCUT2D eigenvalue weighted by atomic mass is 35.5. The smallest absolute Gasteiger partial charge is 0.251 e. The molecule has 25 heavy (non-hydrogen) atoms. The Balaban J connectivity index is 2.10. The number of hydrogen-bond donors (Lipinski definition) is 1. The second-order valence-corrected chi connectivity index (χ2v) is 6.08. The average Bonchev–Trinajstić information content (AvgIpc) is 2.59. The van der Waals surface area contributed by atoms with E-state index in [-0.39, 0.29) is 18.6 Å². The zero-order valence-electron chi connectivity index (χ0n) is 14.8. The molecule has 1 amide bonds. The molecule has 0 atom stereocenters. The second kappa shape index (κ2) is 8.62. The summed E-state index contributed by atoms with van der Waals surface area (Å²) in [6.07, 6.45) is 0.0453. The van der Waals surface area contributed by atoms with Crippen LogP contribution in [0.1, 0.15) is 29.8 Å². The molecule has 0 unspecified atom stereocenters. The fourth-order valence-corrected chi connectivity index (χ4v) is 2.51. The van der Waals surface area contributed by atoms with Crippen LogP contribution in [0.5, 0.6) is 17.2 Å². The first-order chi connectivity index (χ1) is 11.9.